The molecule has 0 aromatic carbocycles. The van der Waals surface area contributed by atoms with Gasteiger partial charge >= 0.3 is 0 Å². The number of rotatable bonds is 3. The summed E-state index contributed by atoms with van der Waals surface area (Å²) in [6, 6.07) is 2.30. The van der Waals surface area contributed by atoms with Gasteiger partial charge in [0.1, 0.15) is 6.07 Å². The van der Waals surface area contributed by atoms with E-state index in [1.54, 1.807) is 16.0 Å². The summed E-state index contributed by atoms with van der Waals surface area (Å²) in [5.41, 5.74) is 3.04. The molecule has 0 N–H and O–H groups in total. The van der Waals surface area contributed by atoms with E-state index < -0.39 is 0 Å². The highest BCUT2D eigenvalue weighted by Crippen LogP contribution is 2.30. The second-order valence-corrected chi connectivity index (χ2v) is 7.34. The smallest absolute Gasteiger partial charge is 0.211 e. The molecule has 0 amide bonds. The van der Waals surface area contributed by atoms with Gasteiger partial charge < -0.3 is 0 Å². The maximum absolute atomic E-state index is 9.51. The van der Waals surface area contributed by atoms with Crippen molar-refractivity contribution in [3.8, 4) is 11.2 Å². The van der Waals surface area contributed by atoms with E-state index in [0.717, 1.165) is 27.1 Å². The van der Waals surface area contributed by atoms with Crippen molar-refractivity contribution in [3.05, 3.63) is 39.7 Å². The maximum Gasteiger partial charge on any atom is 0.211 e. The second-order valence-electron chi connectivity index (χ2n) is 6.33. The number of nitriles is 1. The van der Waals surface area contributed by atoms with Crippen LogP contribution < -0.4 is 0 Å². The minimum atomic E-state index is -0.184. The Kier molecular flexibility index (Phi) is 4.86. The van der Waals surface area contributed by atoms with Crippen molar-refractivity contribution in [1.82, 2.24) is 14.8 Å². The zero-order chi connectivity index (χ0) is 17.2. The Morgan fingerprint density at radius 3 is 2.30 bits per heavy atom. The van der Waals surface area contributed by atoms with Crippen molar-refractivity contribution in [2.75, 3.05) is 0 Å². The first-order chi connectivity index (χ1) is 10.8. The summed E-state index contributed by atoms with van der Waals surface area (Å²) >= 11 is 1.58. The molecule has 2 aromatic rings. The van der Waals surface area contributed by atoms with E-state index in [4.69, 9.17) is 10.1 Å². The maximum atomic E-state index is 9.51. The Balaban J connectivity index is 2.66. The minimum absolute atomic E-state index is 0.184. The first-order valence-corrected chi connectivity index (χ1v) is 8.42. The van der Waals surface area contributed by atoms with Crippen LogP contribution in [0.3, 0.4) is 0 Å². The molecule has 2 rings (SSSR count). The average molecular weight is 326 g/mol. The highest BCUT2D eigenvalue weighted by Gasteiger charge is 2.26. The second kappa shape index (κ2) is 6.51. The van der Waals surface area contributed by atoms with Crippen molar-refractivity contribution < 1.29 is 0 Å². The lowest BCUT2D eigenvalue weighted by molar-refractivity contribution is 0.558. The van der Waals surface area contributed by atoms with Gasteiger partial charge in [-0.25, -0.2) is 9.67 Å². The molecule has 4 nitrogen and oxygen atoms in total. The Labute approximate surface area is 141 Å². The molecule has 2 aromatic heterocycles. The summed E-state index contributed by atoms with van der Waals surface area (Å²) in [5, 5.41) is 15.0. The first kappa shape index (κ1) is 17.2. The van der Waals surface area contributed by atoms with E-state index in [0.29, 0.717) is 5.56 Å². The molecule has 5 heteroatoms. The summed E-state index contributed by atoms with van der Waals surface area (Å²) in [6.45, 7) is 12.1. The molecule has 120 valence electrons. The molecule has 0 saturated heterocycles. The highest BCUT2D eigenvalue weighted by atomic mass is 32.1. The number of aromatic nitrogens is 3. The molecule has 0 unspecified atom stereocenters. The van der Waals surface area contributed by atoms with Gasteiger partial charge in [-0.05, 0) is 32.9 Å². The van der Waals surface area contributed by atoms with Gasteiger partial charge in [-0.3, -0.25) is 0 Å². The predicted octanol–water partition coefficient (Wildman–Crippen LogP) is 4.87. The molecule has 0 bridgehead atoms. The molecule has 0 aliphatic heterocycles. The fraction of sp³-hybridized carbons (Fsp3) is 0.389. The van der Waals surface area contributed by atoms with Crippen LogP contribution in [0.25, 0.3) is 17.3 Å². The van der Waals surface area contributed by atoms with Crippen LogP contribution in [0.5, 0.6) is 0 Å². The van der Waals surface area contributed by atoms with Crippen LogP contribution in [0.2, 0.25) is 0 Å². The summed E-state index contributed by atoms with van der Waals surface area (Å²) in [5.74, 6) is 0. The lowest BCUT2D eigenvalue weighted by Gasteiger charge is -2.15. The van der Waals surface area contributed by atoms with Crippen molar-refractivity contribution >= 4 is 23.5 Å². The van der Waals surface area contributed by atoms with E-state index >= 15 is 0 Å². The normalized spacial score (nSPS) is 12.4. The topological polar surface area (TPSA) is 54.5 Å². The van der Waals surface area contributed by atoms with Crippen LogP contribution in [0.4, 0.5) is 0 Å². The molecule has 0 aliphatic carbocycles. The molecule has 0 fully saturated rings. The monoisotopic (exact) mass is 326 g/mol. The van der Waals surface area contributed by atoms with Gasteiger partial charge in [0.2, 0.25) is 5.13 Å². The number of thiazole rings is 1. The van der Waals surface area contributed by atoms with Crippen LogP contribution in [0, 0.1) is 18.3 Å². The van der Waals surface area contributed by atoms with E-state index in [-0.39, 0.29) is 5.41 Å². The minimum Gasteiger partial charge on any atom is -0.218 e. The molecule has 0 saturated carbocycles. The number of hydrogen-bond donors (Lipinski definition) is 0. The fourth-order valence-corrected chi connectivity index (χ4v) is 3.34. The fourth-order valence-electron chi connectivity index (χ4n) is 2.32. The van der Waals surface area contributed by atoms with E-state index in [1.807, 2.05) is 45.1 Å². The van der Waals surface area contributed by atoms with Gasteiger partial charge in [0, 0.05) is 5.41 Å². The standard InChI is InChI=1S/C18H22N4S/c1-7-9-14-15(10-8-2)23-17(20-14)22-12(3)13(11-19)16(21-22)18(4,5)6/h7-10H,1-6H3/b9-7-,10-8-. The van der Waals surface area contributed by atoms with Crippen molar-refractivity contribution in [1.29, 1.82) is 5.26 Å². The summed E-state index contributed by atoms with van der Waals surface area (Å²) in [7, 11) is 0. The molecule has 0 atom stereocenters. The number of hydrogen-bond acceptors (Lipinski definition) is 4. The Morgan fingerprint density at radius 1 is 1.17 bits per heavy atom. The molecule has 0 aliphatic rings. The van der Waals surface area contributed by atoms with Crippen molar-refractivity contribution in [2.24, 2.45) is 0 Å². The first-order valence-electron chi connectivity index (χ1n) is 7.60. The molecule has 23 heavy (non-hydrogen) atoms. The van der Waals surface area contributed by atoms with Crippen LogP contribution in [0.15, 0.2) is 12.2 Å². The largest absolute Gasteiger partial charge is 0.218 e. The van der Waals surface area contributed by atoms with Crippen LogP contribution >= 0.6 is 11.3 Å². The third-order valence-corrected chi connectivity index (χ3v) is 4.44. The van der Waals surface area contributed by atoms with E-state index in [9.17, 15) is 5.26 Å². The Bertz CT molecular complexity index is 778. The van der Waals surface area contributed by atoms with Crippen LogP contribution in [-0.2, 0) is 5.41 Å². The zero-order valence-electron chi connectivity index (χ0n) is 14.5. The zero-order valence-corrected chi connectivity index (χ0v) is 15.3. The lowest BCUT2D eigenvalue weighted by Crippen LogP contribution is -2.14. The Morgan fingerprint density at radius 2 is 1.83 bits per heavy atom. The number of allylic oxidation sites excluding steroid dienone is 2. The van der Waals surface area contributed by atoms with E-state index in [1.165, 1.54) is 0 Å². The Hall–Kier alpha value is -2.19. The van der Waals surface area contributed by atoms with Gasteiger partial charge in [-0.15, -0.1) is 0 Å². The predicted molar refractivity (Wildman–Crippen MR) is 96.8 cm³/mol. The van der Waals surface area contributed by atoms with Gasteiger partial charge in [-0.2, -0.15) is 10.4 Å². The highest BCUT2D eigenvalue weighted by molar-refractivity contribution is 7.15. The summed E-state index contributed by atoms with van der Waals surface area (Å²) in [4.78, 5) is 5.78. The van der Waals surface area contributed by atoms with Gasteiger partial charge in [0.05, 0.1) is 27.5 Å². The SMILES string of the molecule is C/C=C\c1nc(-n2nc(C(C)(C)C)c(C#N)c2C)sc1/C=C\C. The molecule has 0 radical (unpaired) electrons. The molecular weight excluding hydrogens is 304 g/mol. The van der Waals surface area contributed by atoms with Crippen LogP contribution in [0.1, 0.15) is 62.1 Å². The van der Waals surface area contributed by atoms with Crippen molar-refractivity contribution in [3.63, 3.8) is 0 Å². The molecular formula is C18H22N4S. The lowest BCUT2D eigenvalue weighted by atomic mass is 9.89. The van der Waals surface area contributed by atoms with Gasteiger partial charge in [0.15, 0.2) is 0 Å². The quantitative estimate of drug-likeness (QED) is 0.808. The third kappa shape index (κ3) is 3.27. The third-order valence-electron chi connectivity index (χ3n) is 3.43. The molecule has 0 spiro atoms. The number of nitrogens with zero attached hydrogens (tertiary/aromatic N) is 4. The van der Waals surface area contributed by atoms with E-state index in [2.05, 4.69) is 26.8 Å². The van der Waals surface area contributed by atoms with Gasteiger partial charge in [0.25, 0.3) is 0 Å². The van der Waals surface area contributed by atoms with Gasteiger partial charge in [-0.1, -0.05) is 44.3 Å². The van der Waals surface area contributed by atoms with Crippen LogP contribution in [-0.4, -0.2) is 14.8 Å². The average Bonchev–Trinajstić information content (AvgIpc) is 3.00. The molecule has 2 heterocycles. The summed E-state index contributed by atoms with van der Waals surface area (Å²) < 4.78 is 1.80. The summed E-state index contributed by atoms with van der Waals surface area (Å²) in [6.07, 6.45) is 8.01. The van der Waals surface area contributed by atoms with Crippen molar-refractivity contribution in [2.45, 2.75) is 47.0 Å².